The summed E-state index contributed by atoms with van der Waals surface area (Å²) in [6.45, 7) is 0. The van der Waals surface area contributed by atoms with Gasteiger partial charge in [0.1, 0.15) is 6.10 Å². The summed E-state index contributed by atoms with van der Waals surface area (Å²) >= 11 is 0. The Bertz CT molecular complexity index is 754. The van der Waals surface area contributed by atoms with Crippen LogP contribution in [0.4, 0.5) is 5.69 Å². The molecule has 0 saturated heterocycles. The summed E-state index contributed by atoms with van der Waals surface area (Å²) in [5, 5.41) is 11.8. The van der Waals surface area contributed by atoms with Gasteiger partial charge in [-0.25, -0.2) is 0 Å². The average molecular weight is 278 g/mol. The van der Waals surface area contributed by atoms with Crippen LogP contribution in [0.2, 0.25) is 0 Å². The number of rotatable bonds is 3. The van der Waals surface area contributed by atoms with Crippen LogP contribution in [0, 0.1) is 0 Å². The molecule has 0 aliphatic carbocycles. The summed E-state index contributed by atoms with van der Waals surface area (Å²) < 4.78 is 0. The van der Waals surface area contributed by atoms with Crippen molar-refractivity contribution < 1.29 is 5.11 Å². The lowest BCUT2D eigenvalue weighted by atomic mass is 9.99. The molecule has 0 aliphatic rings. The number of pyridine rings is 1. The first-order valence-electron chi connectivity index (χ1n) is 6.96. The van der Waals surface area contributed by atoms with Crippen molar-refractivity contribution in [3.8, 4) is 0 Å². The van der Waals surface area contributed by atoms with Gasteiger partial charge in [-0.3, -0.25) is 4.98 Å². The van der Waals surface area contributed by atoms with Crippen LogP contribution in [-0.2, 0) is 0 Å². The SMILES string of the molecule is CN(C)c1c([C@H](O)c2ccccc2)cnc2ccccc12. The van der Waals surface area contributed by atoms with Crippen molar-refractivity contribution in [1.29, 1.82) is 0 Å². The molecule has 3 heteroatoms. The second-order valence-electron chi connectivity index (χ2n) is 5.29. The predicted octanol–water partition coefficient (Wildman–Crippen LogP) is 3.38. The van der Waals surface area contributed by atoms with E-state index in [4.69, 9.17) is 0 Å². The van der Waals surface area contributed by atoms with E-state index in [1.54, 1.807) is 6.20 Å². The third-order valence-electron chi connectivity index (χ3n) is 3.63. The average Bonchev–Trinajstić information content (AvgIpc) is 2.53. The van der Waals surface area contributed by atoms with Crippen LogP contribution >= 0.6 is 0 Å². The van der Waals surface area contributed by atoms with Gasteiger partial charge in [-0.05, 0) is 11.6 Å². The highest BCUT2D eigenvalue weighted by molar-refractivity contribution is 5.93. The van der Waals surface area contributed by atoms with E-state index in [0.29, 0.717) is 0 Å². The predicted molar refractivity (Wildman–Crippen MR) is 86.6 cm³/mol. The van der Waals surface area contributed by atoms with E-state index < -0.39 is 6.10 Å². The number of nitrogens with zero attached hydrogens (tertiary/aromatic N) is 2. The van der Waals surface area contributed by atoms with Gasteiger partial charge in [-0.2, -0.15) is 0 Å². The molecule has 1 atom stereocenters. The topological polar surface area (TPSA) is 36.4 Å². The molecular weight excluding hydrogens is 260 g/mol. The molecule has 0 saturated carbocycles. The lowest BCUT2D eigenvalue weighted by Crippen LogP contribution is -2.15. The molecule has 1 aromatic heterocycles. The molecule has 0 unspecified atom stereocenters. The van der Waals surface area contributed by atoms with Crippen LogP contribution in [0.25, 0.3) is 10.9 Å². The number of fused-ring (bicyclic) bond motifs is 1. The van der Waals surface area contributed by atoms with Crippen molar-refractivity contribution in [1.82, 2.24) is 4.98 Å². The van der Waals surface area contributed by atoms with E-state index in [-0.39, 0.29) is 0 Å². The van der Waals surface area contributed by atoms with E-state index in [1.807, 2.05) is 73.6 Å². The Kier molecular flexibility index (Phi) is 3.59. The zero-order valence-corrected chi connectivity index (χ0v) is 12.2. The van der Waals surface area contributed by atoms with Crippen molar-refractivity contribution in [2.24, 2.45) is 0 Å². The Morgan fingerprint density at radius 3 is 2.33 bits per heavy atom. The first-order chi connectivity index (χ1) is 10.2. The lowest BCUT2D eigenvalue weighted by Gasteiger charge is -2.22. The molecule has 1 heterocycles. The van der Waals surface area contributed by atoms with Crippen molar-refractivity contribution in [2.75, 3.05) is 19.0 Å². The fraction of sp³-hybridized carbons (Fsp3) is 0.167. The van der Waals surface area contributed by atoms with E-state index >= 15 is 0 Å². The van der Waals surface area contributed by atoms with Crippen LogP contribution in [0.3, 0.4) is 0 Å². The lowest BCUT2D eigenvalue weighted by molar-refractivity contribution is 0.220. The Balaban J connectivity index is 2.20. The second-order valence-corrected chi connectivity index (χ2v) is 5.29. The highest BCUT2D eigenvalue weighted by atomic mass is 16.3. The Hall–Kier alpha value is -2.39. The molecule has 0 spiro atoms. The highest BCUT2D eigenvalue weighted by Gasteiger charge is 2.18. The number of para-hydroxylation sites is 1. The molecule has 0 aliphatic heterocycles. The standard InChI is InChI=1S/C18H18N2O/c1-20(2)17-14-10-6-7-11-16(14)19-12-15(17)18(21)13-8-4-3-5-9-13/h3-12,18,21H,1-2H3/t18-/m1/s1. The minimum atomic E-state index is -0.680. The monoisotopic (exact) mass is 278 g/mol. The minimum Gasteiger partial charge on any atom is -0.384 e. The molecule has 0 bridgehead atoms. The molecular formula is C18H18N2O. The number of hydrogen-bond donors (Lipinski definition) is 1. The molecule has 1 N–H and O–H groups in total. The molecule has 0 radical (unpaired) electrons. The quantitative estimate of drug-likeness (QED) is 0.798. The van der Waals surface area contributed by atoms with Crippen molar-refractivity contribution >= 4 is 16.6 Å². The van der Waals surface area contributed by atoms with Crippen LogP contribution in [0.1, 0.15) is 17.2 Å². The van der Waals surface area contributed by atoms with E-state index in [9.17, 15) is 5.11 Å². The Morgan fingerprint density at radius 2 is 1.62 bits per heavy atom. The number of aliphatic hydroxyl groups is 1. The molecule has 3 aromatic rings. The zero-order chi connectivity index (χ0) is 14.8. The van der Waals surface area contributed by atoms with Crippen LogP contribution < -0.4 is 4.90 Å². The van der Waals surface area contributed by atoms with Gasteiger partial charge in [0.2, 0.25) is 0 Å². The summed E-state index contributed by atoms with van der Waals surface area (Å²) in [7, 11) is 3.98. The van der Waals surface area contributed by atoms with Gasteiger partial charge in [0.15, 0.2) is 0 Å². The zero-order valence-electron chi connectivity index (χ0n) is 12.2. The number of anilines is 1. The summed E-state index contributed by atoms with van der Waals surface area (Å²) in [5.41, 5.74) is 3.64. The summed E-state index contributed by atoms with van der Waals surface area (Å²) in [5.74, 6) is 0. The van der Waals surface area contributed by atoms with E-state index in [1.165, 1.54) is 0 Å². The summed E-state index contributed by atoms with van der Waals surface area (Å²) in [6.07, 6.45) is 1.09. The first-order valence-corrected chi connectivity index (χ1v) is 6.96. The third-order valence-corrected chi connectivity index (χ3v) is 3.63. The number of aromatic nitrogens is 1. The van der Waals surface area contributed by atoms with Crippen LogP contribution in [0.15, 0.2) is 60.8 Å². The molecule has 0 amide bonds. The fourth-order valence-corrected chi connectivity index (χ4v) is 2.66. The maximum Gasteiger partial charge on any atom is 0.108 e. The number of hydrogen-bond acceptors (Lipinski definition) is 3. The van der Waals surface area contributed by atoms with Crippen molar-refractivity contribution in [3.63, 3.8) is 0 Å². The largest absolute Gasteiger partial charge is 0.384 e. The molecule has 2 aromatic carbocycles. The molecule has 0 fully saturated rings. The normalized spacial score (nSPS) is 12.3. The Labute approximate surface area is 124 Å². The smallest absolute Gasteiger partial charge is 0.108 e. The number of benzene rings is 2. The maximum absolute atomic E-state index is 10.7. The molecule has 3 nitrogen and oxygen atoms in total. The third kappa shape index (κ3) is 2.48. The van der Waals surface area contributed by atoms with Crippen LogP contribution in [0.5, 0.6) is 0 Å². The van der Waals surface area contributed by atoms with E-state index in [0.717, 1.165) is 27.7 Å². The van der Waals surface area contributed by atoms with Crippen LogP contribution in [-0.4, -0.2) is 24.2 Å². The van der Waals surface area contributed by atoms with Crippen molar-refractivity contribution in [2.45, 2.75) is 6.10 Å². The van der Waals surface area contributed by atoms with Gasteiger partial charge >= 0.3 is 0 Å². The molecule has 3 rings (SSSR count). The maximum atomic E-state index is 10.7. The highest BCUT2D eigenvalue weighted by Crippen LogP contribution is 2.34. The van der Waals surface area contributed by atoms with E-state index in [2.05, 4.69) is 4.98 Å². The molecule has 21 heavy (non-hydrogen) atoms. The van der Waals surface area contributed by atoms with Crippen molar-refractivity contribution in [3.05, 3.63) is 71.9 Å². The van der Waals surface area contributed by atoms with Gasteiger partial charge in [0, 0.05) is 31.2 Å². The summed E-state index contributed by atoms with van der Waals surface area (Å²) in [4.78, 5) is 6.52. The van der Waals surface area contributed by atoms with Gasteiger partial charge in [0.25, 0.3) is 0 Å². The van der Waals surface area contributed by atoms with Gasteiger partial charge in [0.05, 0.1) is 11.2 Å². The summed E-state index contributed by atoms with van der Waals surface area (Å²) in [6, 6.07) is 17.7. The fourth-order valence-electron chi connectivity index (χ4n) is 2.66. The number of aliphatic hydroxyl groups excluding tert-OH is 1. The van der Waals surface area contributed by atoms with Gasteiger partial charge in [-0.1, -0.05) is 48.5 Å². The first kappa shape index (κ1) is 13.6. The van der Waals surface area contributed by atoms with Gasteiger partial charge < -0.3 is 10.0 Å². The molecule has 106 valence electrons. The van der Waals surface area contributed by atoms with Gasteiger partial charge in [-0.15, -0.1) is 0 Å². The second kappa shape index (κ2) is 5.54. The Morgan fingerprint density at radius 1 is 0.952 bits per heavy atom. The minimum absolute atomic E-state index is 0.680.